The molecule has 3 N–H and O–H groups in total. The Balaban J connectivity index is 1.25. The van der Waals surface area contributed by atoms with Crippen LogP contribution in [0.5, 0.6) is 11.6 Å². The number of fused-ring (bicyclic) bond motifs is 5. The van der Waals surface area contributed by atoms with E-state index in [1.807, 2.05) is 37.3 Å². The number of allylic oxidation sites excluding steroid dienone is 1. The molecule has 0 radical (unpaired) electrons. The smallest absolute Gasteiger partial charge is 0.427 e. The molecule has 18 heteroatoms. The van der Waals surface area contributed by atoms with Crippen LogP contribution in [-0.4, -0.2) is 103 Å². The van der Waals surface area contributed by atoms with Crippen molar-refractivity contribution < 1.29 is 54.9 Å². The van der Waals surface area contributed by atoms with Crippen molar-refractivity contribution in [2.24, 2.45) is 5.92 Å². The van der Waals surface area contributed by atoms with E-state index >= 15 is 0 Å². The van der Waals surface area contributed by atoms with Crippen LogP contribution in [0.25, 0.3) is 10.8 Å². The van der Waals surface area contributed by atoms with Crippen molar-refractivity contribution in [2.75, 3.05) is 13.7 Å². The number of carbonyl (C=O) groups is 3. The molecule has 1 aromatic heterocycles. The van der Waals surface area contributed by atoms with Crippen molar-refractivity contribution in [1.29, 1.82) is 0 Å². The number of sulfonamides is 1. The number of carbonyl (C=O) groups excluding carboxylic acids is 3. The second kappa shape index (κ2) is 14.7. The second-order valence-corrected chi connectivity index (χ2v) is 17.5. The SMILES string of the molecule is CC[C@@H]1O[C@@H]2C=C([C@H]1NC(=O)OC(C)(C)C(F)(F)F)N1C[C@H](Oc3ncc(OC)c4ccccc34)C[C@H]1C(=O)N[C@]1(C(=O)NS(=O)(=O)C3CC3)C[C@H]1/C=C\CC2. The Hall–Kier alpha value is -4.58. The number of nitrogens with one attached hydrogen (secondary N) is 3. The van der Waals surface area contributed by atoms with E-state index in [2.05, 4.69) is 20.3 Å². The number of methoxy groups -OCH3 is 1. The summed E-state index contributed by atoms with van der Waals surface area (Å²) in [4.78, 5) is 47.8. The summed E-state index contributed by atoms with van der Waals surface area (Å²) in [6.07, 6.45) is 1.18. The van der Waals surface area contributed by atoms with Crippen molar-refractivity contribution in [2.45, 2.75) is 119 Å². The number of alkyl carbamates (subject to hydrolysis) is 1. The minimum absolute atomic E-state index is 0.0599. The lowest BCUT2D eigenvalue weighted by Crippen LogP contribution is -2.59. The number of pyridine rings is 1. The van der Waals surface area contributed by atoms with Gasteiger partial charge in [0.15, 0.2) is 0 Å². The first kappa shape index (κ1) is 39.6. The lowest BCUT2D eigenvalue weighted by molar-refractivity contribution is -0.244. The summed E-state index contributed by atoms with van der Waals surface area (Å²) < 4.78 is 92.5. The van der Waals surface area contributed by atoms with Crippen LogP contribution in [0.1, 0.15) is 65.7 Å². The molecule has 7 atom stereocenters. The lowest BCUT2D eigenvalue weighted by atomic mass is 9.96. The van der Waals surface area contributed by atoms with E-state index in [0.717, 1.165) is 19.2 Å². The number of hydrogen-bond acceptors (Lipinski definition) is 11. The fourth-order valence-corrected chi connectivity index (χ4v) is 9.02. The molecule has 0 unspecified atom stereocenters. The van der Waals surface area contributed by atoms with Gasteiger partial charge in [-0.15, -0.1) is 0 Å². The average Bonchev–Trinajstić information content (AvgIpc) is 4.06. The van der Waals surface area contributed by atoms with Crippen molar-refractivity contribution in [1.82, 2.24) is 25.2 Å². The number of aromatic nitrogens is 1. The maximum absolute atomic E-state index is 14.6. The van der Waals surface area contributed by atoms with Gasteiger partial charge in [-0.3, -0.25) is 14.3 Å². The number of rotatable bonds is 9. The Morgan fingerprint density at radius 1 is 1.14 bits per heavy atom. The van der Waals surface area contributed by atoms with Gasteiger partial charge in [0.05, 0.1) is 43.4 Å². The number of amides is 3. The Bertz CT molecular complexity index is 2060. The molecule has 2 aromatic rings. The molecule has 3 amide bonds. The fourth-order valence-electron chi connectivity index (χ4n) is 7.66. The van der Waals surface area contributed by atoms with Gasteiger partial charge >= 0.3 is 12.3 Å². The molecule has 2 aliphatic carbocycles. The molecule has 3 aliphatic heterocycles. The highest BCUT2D eigenvalue weighted by molar-refractivity contribution is 7.91. The third kappa shape index (κ3) is 7.73. The van der Waals surface area contributed by atoms with Crippen LogP contribution in [0, 0.1) is 5.92 Å². The minimum Gasteiger partial charge on any atom is -0.494 e. The third-order valence-corrected chi connectivity index (χ3v) is 13.0. The largest absolute Gasteiger partial charge is 0.494 e. The van der Waals surface area contributed by atoms with E-state index < -0.39 is 86.8 Å². The molecular formula is C38H46F3N5O9S. The summed E-state index contributed by atoms with van der Waals surface area (Å²) >= 11 is 0. The van der Waals surface area contributed by atoms with E-state index in [1.165, 1.54) is 13.3 Å². The molecule has 14 nitrogen and oxygen atoms in total. The Morgan fingerprint density at radius 3 is 2.55 bits per heavy atom. The maximum Gasteiger partial charge on any atom is 0.427 e. The van der Waals surface area contributed by atoms with E-state index in [0.29, 0.717) is 48.9 Å². The molecule has 1 saturated heterocycles. The maximum atomic E-state index is 14.6. The quantitative estimate of drug-likeness (QED) is 0.307. The average molecular weight is 806 g/mol. The van der Waals surface area contributed by atoms with Gasteiger partial charge in [0.2, 0.25) is 27.4 Å². The van der Waals surface area contributed by atoms with Gasteiger partial charge in [0, 0.05) is 28.8 Å². The molecule has 7 rings (SSSR count). The van der Waals surface area contributed by atoms with E-state index in [-0.39, 0.29) is 25.3 Å². The number of hydrogen-bond donors (Lipinski definition) is 3. The van der Waals surface area contributed by atoms with Gasteiger partial charge in [-0.25, -0.2) is 18.2 Å². The summed E-state index contributed by atoms with van der Waals surface area (Å²) in [5.41, 5.74) is -3.95. The van der Waals surface area contributed by atoms with Crippen molar-refractivity contribution in [3.05, 3.63) is 54.4 Å². The third-order valence-electron chi connectivity index (χ3n) is 11.2. The first-order chi connectivity index (χ1) is 26.5. The normalized spacial score (nSPS) is 29.9. The number of ether oxygens (including phenoxy) is 4. The molecule has 56 heavy (non-hydrogen) atoms. The number of benzene rings is 1. The van der Waals surface area contributed by atoms with Crippen LogP contribution >= 0.6 is 0 Å². The van der Waals surface area contributed by atoms with Crippen LogP contribution in [0.2, 0.25) is 0 Å². The minimum atomic E-state index is -4.86. The molecule has 1 aromatic carbocycles. The Morgan fingerprint density at radius 2 is 1.88 bits per heavy atom. The standard InChI is InChI=1S/C38H46F3N5O9S/c1-5-29-31(43-35(49)55-36(2,3)38(39,40)41)27-16-22(53-29)11-7-6-10-21-18-37(21,34(48)45-56(50,51)24-14-15-24)44-32(47)28-17-23(20-46(27)28)54-33-26-13-9-8-12-25(26)30(52-4)19-42-33/h6,8-10,12-13,16,19,21-24,28-29,31H,5,7,11,14-15,17-18,20H2,1-4H3,(H,43,49)(H,44,47)(H,45,48)/b10-6-/t21-,22+,23-,28+,29+,31-,37-/m1/s1. The summed E-state index contributed by atoms with van der Waals surface area (Å²) in [6.45, 7) is 3.36. The summed E-state index contributed by atoms with van der Waals surface area (Å²) in [7, 11) is -2.41. The zero-order chi connectivity index (χ0) is 40.2. The van der Waals surface area contributed by atoms with E-state index in [9.17, 15) is 36.0 Å². The van der Waals surface area contributed by atoms with Gasteiger partial charge in [-0.2, -0.15) is 13.2 Å². The van der Waals surface area contributed by atoms with Crippen LogP contribution in [0.3, 0.4) is 0 Å². The molecular weight excluding hydrogens is 760 g/mol. The van der Waals surface area contributed by atoms with Crippen molar-refractivity contribution in [3.63, 3.8) is 0 Å². The molecule has 304 valence electrons. The zero-order valence-corrected chi connectivity index (χ0v) is 32.2. The van der Waals surface area contributed by atoms with Gasteiger partial charge in [0.25, 0.3) is 5.91 Å². The van der Waals surface area contributed by atoms with E-state index in [1.54, 1.807) is 17.1 Å². The first-order valence-corrected chi connectivity index (χ1v) is 20.3. The molecule has 0 spiro atoms. The fraction of sp³-hybridized carbons (Fsp3) is 0.579. The highest BCUT2D eigenvalue weighted by atomic mass is 32.2. The van der Waals surface area contributed by atoms with Crippen LogP contribution in [0.15, 0.2) is 54.4 Å². The van der Waals surface area contributed by atoms with Gasteiger partial charge in [0.1, 0.15) is 23.4 Å². The topological polar surface area (TPSA) is 174 Å². The number of nitrogens with zero attached hydrogens (tertiary/aromatic N) is 2. The molecule has 3 fully saturated rings. The second-order valence-electron chi connectivity index (χ2n) is 15.5. The Labute approximate surface area is 322 Å². The lowest BCUT2D eigenvalue weighted by Gasteiger charge is -2.42. The highest BCUT2D eigenvalue weighted by Gasteiger charge is 2.62. The zero-order valence-electron chi connectivity index (χ0n) is 31.4. The predicted octanol–water partition coefficient (Wildman–Crippen LogP) is 4.40. The summed E-state index contributed by atoms with van der Waals surface area (Å²) in [5, 5.41) is 6.23. The van der Waals surface area contributed by atoms with Gasteiger partial charge < -0.3 is 34.5 Å². The molecule has 5 aliphatic rings. The number of halogens is 3. The van der Waals surface area contributed by atoms with Crippen LogP contribution in [-0.2, 0) is 29.1 Å². The molecule has 2 saturated carbocycles. The van der Waals surface area contributed by atoms with Crippen LogP contribution in [0.4, 0.5) is 18.0 Å². The monoisotopic (exact) mass is 805 g/mol. The first-order valence-electron chi connectivity index (χ1n) is 18.8. The summed E-state index contributed by atoms with van der Waals surface area (Å²) in [6, 6.07) is 5.23. The Kier molecular flexibility index (Phi) is 10.4. The van der Waals surface area contributed by atoms with E-state index in [4.69, 9.17) is 18.9 Å². The predicted molar refractivity (Wildman–Crippen MR) is 196 cm³/mol. The number of alkyl halides is 3. The highest BCUT2D eigenvalue weighted by Crippen LogP contribution is 2.47. The van der Waals surface area contributed by atoms with Crippen LogP contribution < -0.4 is 24.8 Å². The van der Waals surface area contributed by atoms with Crippen molar-refractivity contribution >= 4 is 38.7 Å². The summed E-state index contributed by atoms with van der Waals surface area (Å²) in [5.74, 6) is -1.11. The van der Waals surface area contributed by atoms with Crippen molar-refractivity contribution in [3.8, 4) is 11.6 Å². The van der Waals surface area contributed by atoms with Gasteiger partial charge in [-0.1, -0.05) is 37.3 Å². The van der Waals surface area contributed by atoms with Gasteiger partial charge in [-0.05, 0) is 64.5 Å². The molecule has 4 heterocycles. The molecule has 2 bridgehead atoms.